The Balaban J connectivity index is 1.74. The number of nitrogens with one attached hydrogen (secondary N) is 2. The molecule has 1 spiro atoms. The highest BCUT2D eigenvalue weighted by Crippen LogP contribution is 2.38. The van der Waals surface area contributed by atoms with Gasteiger partial charge in [-0.2, -0.15) is 0 Å². The van der Waals surface area contributed by atoms with Crippen molar-refractivity contribution in [3.05, 3.63) is 28.8 Å². The van der Waals surface area contributed by atoms with Crippen molar-refractivity contribution in [1.82, 2.24) is 10.2 Å². The summed E-state index contributed by atoms with van der Waals surface area (Å²) in [4.78, 5) is 38.9. The van der Waals surface area contributed by atoms with Crippen LogP contribution in [-0.4, -0.2) is 34.8 Å². The summed E-state index contributed by atoms with van der Waals surface area (Å²) >= 11 is 0. The summed E-state index contributed by atoms with van der Waals surface area (Å²) in [5.74, 6) is -0.534. The van der Waals surface area contributed by atoms with Crippen LogP contribution >= 0.6 is 0 Å². The van der Waals surface area contributed by atoms with E-state index >= 15 is 0 Å². The summed E-state index contributed by atoms with van der Waals surface area (Å²) in [6.45, 7) is 7.61. The van der Waals surface area contributed by atoms with Crippen LogP contribution in [0.3, 0.4) is 0 Å². The summed E-state index contributed by atoms with van der Waals surface area (Å²) in [6, 6.07) is 3.53. The number of rotatable bonds is 3. The Hall–Kier alpha value is -2.37. The molecule has 0 bridgehead atoms. The highest BCUT2D eigenvalue weighted by molar-refractivity contribution is 6.10. The smallest absolute Gasteiger partial charge is 0.324 e. The number of imide groups is 1. The Morgan fingerprint density at radius 2 is 1.88 bits per heavy atom. The first-order valence-electron chi connectivity index (χ1n) is 9.26. The predicted octanol–water partition coefficient (Wildman–Crippen LogP) is 3.05. The molecule has 0 unspecified atom stereocenters. The van der Waals surface area contributed by atoms with Crippen molar-refractivity contribution in [1.29, 1.82) is 0 Å². The molecule has 2 N–H and O–H groups in total. The molecule has 4 amide bonds. The quantitative estimate of drug-likeness (QED) is 0.816. The van der Waals surface area contributed by atoms with E-state index in [1.165, 1.54) is 0 Å². The SMILES string of the molecule is Cc1cc(C)c(NC(=O)CN2C(=O)N[C@]3(CCCC[C@@H]3C)C2=O)c(C)c1. The van der Waals surface area contributed by atoms with Gasteiger partial charge in [0.15, 0.2) is 0 Å². The molecular formula is C20H27N3O3. The Kier molecular flexibility index (Phi) is 4.78. The van der Waals surface area contributed by atoms with Gasteiger partial charge in [0, 0.05) is 5.69 Å². The largest absolute Gasteiger partial charge is 0.325 e. The number of carbonyl (C=O) groups is 3. The minimum Gasteiger partial charge on any atom is -0.324 e. The molecule has 2 fully saturated rings. The zero-order valence-corrected chi connectivity index (χ0v) is 15.9. The number of carbonyl (C=O) groups excluding carboxylic acids is 3. The van der Waals surface area contributed by atoms with Gasteiger partial charge in [0.25, 0.3) is 5.91 Å². The Morgan fingerprint density at radius 3 is 2.50 bits per heavy atom. The van der Waals surface area contributed by atoms with E-state index in [-0.39, 0.29) is 24.3 Å². The Labute approximate surface area is 154 Å². The fraction of sp³-hybridized carbons (Fsp3) is 0.550. The first-order valence-corrected chi connectivity index (χ1v) is 9.26. The number of benzene rings is 1. The van der Waals surface area contributed by atoms with Crippen LogP contribution in [0.15, 0.2) is 12.1 Å². The average Bonchev–Trinajstić information content (AvgIpc) is 2.79. The predicted molar refractivity (Wildman–Crippen MR) is 99.9 cm³/mol. The van der Waals surface area contributed by atoms with E-state index < -0.39 is 11.6 Å². The highest BCUT2D eigenvalue weighted by Gasteiger charge is 2.55. The molecule has 1 aliphatic heterocycles. The number of anilines is 1. The number of urea groups is 1. The van der Waals surface area contributed by atoms with Crippen LogP contribution in [0.2, 0.25) is 0 Å². The van der Waals surface area contributed by atoms with Crippen LogP contribution in [0.1, 0.15) is 49.3 Å². The minimum atomic E-state index is -0.828. The molecule has 1 aromatic rings. The lowest BCUT2D eigenvalue weighted by Crippen LogP contribution is -2.54. The van der Waals surface area contributed by atoms with Gasteiger partial charge in [-0.05, 0) is 50.7 Å². The lowest BCUT2D eigenvalue weighted by Gasteiger charge is -2.36. The van der Waals surface area contributed by atoms with Gasteiger partial charge >= 0.3 is 6.03 Å². The van der Waals surface area contributed by atoms with E-state index in [0.29, 0.717) is 6.42 Å². The lowest BCUT2D eigenvalue weighted by molar-refractivity contribution is -0.136. The summed E-state index contributed by atoms with van der Waals surface area (Å²) < 4.78 is 0. The van der Waals surface area contributed by atoms with Crippen molar-refractivity contribution in [2.75, 3.05) is 11.9 Å². The van der Waals surface area contributed by atoms with E-state index in [1.54, 1.807) is 0 Å². The van der Waals surface area contributed by atoms with E-state index in [1.807, 2.05) is 39.8 Å². The third kappa shape index (κ3) is 3.08. The third-order valence-electron chi connectivity index (χ3n) is 5.74. The first-order chi connectivity index (χ1) is 12.2. The molecule has 26 heavy (non-hydrogen) atoms. The van der Waals surface area contributed by atoms with Gasteiger partial charge in [-0.25, -0.2) is 4.79 Å². The third-order valence-corrected chi connectivity index (χ3v) is 5.74. The molecule has 1 saturated heterocycles. The number of hydrogen-bond acceptors (Lipinski definition) is 3. The standard InChI is InChI=1S/C20H27N3O3/c1-12-9-13(2)17(14(3)10-12)21-16(24)11-23-18(25)20(22-19(23)26)8-6-5-7-15(20)4/h9-10,15H,5-8,11H2,1-4H3,(H,21,24)(H,22,26)/t15-,20-/m0/s1. The highest BCUT2D eigenvalue weighted by atomic mass is 16.2. The number of amides is 4. The van der Waals surface area contributed by atoms with Crippen LogP contribution < -0.4 is 10.6 Å². The molecule has 140 valence electrons. The molecule has 2 aliphatic rings. The van der Waals surface area contributed by atoms with Crippen molar-refractivity contribution < 1.29 is 14.4 Å². The van der Waals surface area contributed by atoms with Crippen LogP contribution in [0.5, 0.6) is 0 Å². The second kappa shape index (κ2) is 6.74. The maximum absolute atomic E-state index is 12.9. The molecule has 1 aromatic carbocycles. The van der Waals surface area contributed by atoms with Crippen LogP contribution in [-0.2, 0) is 9.59 Å². The zero-order chi connectivity index (χ0) is 19.1. The summed E-state index contributed by atoms with van der Waals surface area (Å²) in [5, 5.41) is 5.74. The Bertz CT molecular complexity index is 751. The van der Waals surface area contributed by atoms with Gasteiger partial charge in [-0.15, -0.1) is 0 Å². The van der Waals surface area contributed by atoms with Gasteiger partial charge in [0.2, 0.25) is 5.91 Å². The maximum Gasteiger partial charge on any atom is 0.325 e. The molecule has 1 heterocycles. The minimum absolute atomic E-state index is 0.0855. The van der Waals surface area contributed by atoms with Gasteiger partial charge in [0.05, 0.1) is 0 Å². The molecule has 6 heteroatoms. The van der Waals surface area contributed by atoms with Crippen LogP contribution in [0.25, 0.3) is 0 Å². The molecule has 2 atom stereocenters. The van der Waals surface area contributed by atoms with Gasteiger partial charge < -0.3 is 10.6 Å². The summed E-state index contributed by atoms with van der Waals surface area (Å²) in [7, 11) is 0. The number of aryl methyl sites for hydroxylation is 3. The summed E-state index contributed by atoms with van der Waals surface area (Å²) in [6.07, 6.45) is 3.54. The van der Waals surface area contributed by atoms with Crippen molar-refractivity contribution in [2.24, 2.45) is 5.92 Å². The van der Waals surface area contributed by atoms with Crippen molar-refractivity contribution in [3.63, 3.8) is 0 Å². The van der Waals surface area contributed by atoms with E-state index in [9.17, 15) is 14.4 Å². The monoisotopic (exact) mass is 357 g/mol. The second-order valence-electron chi connectivity index (χ2n) is 7.76. The first kappa shape index (κ1) is 18.4. The molecule has 1 saturated carbocycles. The Morgan fingerprint density at radius 1 is 1.23 bits per heavy atom. The van der Waals surface area contributed by atoms with Crippen LogP contribution in [0, 0.1) is 26.7 Å². The van der Waals surface area contributed by atoms with E-state index in [2.05, 4.69) is 10.6 Å². The molecule has 0 aromatic heterocycles. The molecule has 1 aliphatic carbocycles. The number of nitrogens with zero attached hydrogens (tertiary/aromatic N) is 1. The van der Waals surface area contributed by atoms with E-state index in [0.717, 1.165) is 46.5 Å². The van der Waals surface area contributed by atoms with Crippen molar-refractivity contribution in [2.45, 2.75) is 58.9 Å². The molecule has 0 radical (unpaired) electrons. The molecule has 6 nitrogen and oxygen atoms in total. The molecule has 3 rings (SSSR count). The fourth-order valence-corrected chi connectivity index (χ4v) is 4.34. The second-order valence-corrected chi connectivity index (χ2v) is 7.76. The van der Waals surface area contributed by atoms with Crippen molar-refractivity contribution >= 4 is 23.5 Å². The molecular weight excluding hydrogens is 330 g/mol. The van der Waals surface area contributed by atoms with Gasteiger partial charge in [-0.3, -0.25) is 14.5 Å². The topological polar surface area (TPSA) is 78.5 Å². The van der Waals surface area contributed by atoms with Gasteiger partial charge in [-0.1, -0.05) is 37.5 Å². The van der Waals surface area contributed by atoms with E-state index in [4.69, 9.17) is 0 Å². The number of hydrogen-bond donors (Lipinski definition) is 2. The zero-order valence-electron chi connectivity index (χ0n) is 15.9. The maximum atomic E-state index is 12.9. The lowest BCUT2D eigenvalue weighted by atomic mass is 9.73. The fourth-order valence-electron chi connectivity index (χ4n) is 4.34. The van der Waals surface area contributed by atoms with Crippen LogP contribution in [0.4, 0.5) is 10.5 Å². The van der Waals surface area contributed by atoms with Crippen molar-refractivity contribution in [3.8, 4) is 0 Å². The normalized spacial score (nSPS) is 25.5. The average molecular weight is 357 g/mol. The van der Waals surface area contributed by atoms with Gasteiger partial charge in [0.1, 0.15) is 12.1 Å². The summed E-state index contributed by atoms with van der Waals surface area (Å²) in [5.41, 5.74) is 2.97.